The van der Waals surface area contributed by atoms with Gasteiger partial charge < -0.3 is 4.74 Å². The molecule has 0 spiro atoms. The summed E-state index contributed by atoms with van der Waals surface area (Å²) in [6.07, 6.45) is 2.01. The van der Waals surface area contributed by atoms with E-state index in [4.69, 9.17) is 4.74 Å². The molecule has 2 rings (SSSR count). The van der Waals surface area contributed by atoms with Crippen molar-refractivity contribution in [3.63, 3.8) is 0 Å². The van der Waals surface area contributed by atoms with Crippen LogP contribution in [0.1, 0.15) is 23.2 Å². The molecule has 1 saturated carbocycles. The summed E-state index contributed by atoms with van der Waals surface area (Å²) < 4.78 is 18.2. The SMILES string of the molecule is O=C(OCC1CC1)c1cc([N+](=O)[O-])ccc1F. The number of nitro groups is 1. The minimum Gasteiger partial charge on any atom is -0.462 e. The van der Waals surface area contributed by atoms with Gasteiger partial charge >= 0.3 is 5.97 Å². The van der Waals surface area contributed by atoms with Crippen LogP contribution in [0.2, 0.25) is 0 Å². The van der Waals surface area contributed by atoms with Crippen molar-refractivity contribution >= 4 is 11.7 Å². The van der Waals surface area contributed by atoms with Crippen LogP contribution in [0.3, 0.4) is 0 Å². The highest BCUT2D eigenvalue weighted by molar-refractivity contribution is 5.90. The van der Waals surface area contributed by atoms with E-state index in [1.807, 2.05) is 0 Å². The lowest BCUT2D eigenvalue weighted by atomic mass is 10.2. The van der Waals surface area contributed by atoms with E-state index in [1.54, 1.807) is 0 Å². The first-order chi connectivity index (χ1) is 8.08. The molecule has 0 heterocycles. The zero-order chi connectivity index (χ0) is 12.4. The molecule has 5 nitrogen and oxygen atoms in total. The van der Waals surface area contributed by atoms with E-state index in [2.05, 4.69) is 0 Å². The monoisotopic (exact) mass is 239 g/mol. The summed E-state index contributed by atoms with van der Waals surface area (Å²) in [7, 11) is 0. The summed E-state index contributed by atoms with van der Waals surface area (Å²) in [6, 6.07) is 2.80. The second kappa shape index (κ2) is 4.48. The first kappa shape index (κ1) is 11.5. The molecule has 6 heteroatoms. The maximum absolute atomic E-state index is 13.3. The number of esters is 1. The van der Waals surface area contributed by atoms with Crippen LogP contribution in [0.15, 0.2) is 18.2 Å². The smallest absolute Gasteiger partial charge is 0.341 e. The van der Waals surface area contributed by atoms with Crippen molar-refractivity contribution in [3.8, 4) is 0 Å². The molecule has 0 unspecified atom stereocenters. The van der Waals surface area contributed by atoms with Crippen LogP contribution in [-0.4, -0.2) is 17.5 Å². The second-order valence-electron chi connectivity index (χ2n) is 3.96. The number of carbonyl (C=O) groups is 1. The van der Waals surface area contributed by atoms with Gasteiger partial charge in [0.25, 0.3) is 5.69 Å². The molecular formula is C11H10FNO4. The lowest BCUT2D eigenvalue weighted by Crippen LogP contribution is -2.10. The Morgan fingerprint density at radius 2 is 2.24 bits per heavy atom. The van der Waals surface area contributed by atoms with Crippen LogP contribution in [0.4, 0.5) is 10.1 Å². The molecule has 0 N–H and O–H groups in total. The van der Waals surface area contributed by atoms with E-state index in [-0.39, 0.29) is 17.9 Å². The summed E-state index contributed by atoms with van der Waals surface area (Å²) in [4.78, 5) is 21.3. The normalized spacial score (nSPS) is 14.4. The molecule has 0 radical (unpaired) electrons. The van der Waals surface area contributed by atoms with Crippen molar-refractivity contribution in [2.24, 2.45) is 5.92 Å². The predicted octanol–water partition coefficient (Wildman–Crippen LogP) is 2.30. The average Bonchev–Trinajstić information content (AvgIpc) is 3.10. The Morgan fingerprint density at radius 3 is 2.82 bits per heavy atom. The van der Waals surface area contributed by atoms with Crippen LogP contribution < -0.4 is 0 Å². The molecule has 0 atom stereocenters. The number of nitrogens with zero attached hydrogens (tertiary/aromatic N) is 1. The number of benzene rings is 1. The van der Waals surface area contributed by atoms with Gasteiger partial charge in [-0.2, -0.15) is 0 Å². The number of non-ortho nitro benzene ring substituents is 1. The van der Waals surface area contributed by atoms with Gasteiger partial charge in [0.15, 0.2) is 0 Å². The number of hydrogen-bond donors (Lipinski definition) is 0. The molecule has 1 aromatic rings. The molecule has 1 aliphatic rings. The highest BCUT2D eigenvalue weighted by atomic mass is 19.1. The highest BCUT2D eigenvalue weighted by Gasteiger charge is 2.25. The van der Waals surface area contributed by atoms with Gasteiger partial charge in [-0.05, 0) is 24.8 Å². The fourth-order valence-corrected chi connectivity index (χ4v) is 1.34. The molecule has 1 aliphatic carbocycles. The Balaban J connectivity index is 2.13. The minimum absolute atomic E-state index is 0.251. The third-order valence-corrected chi connectivity index (χ3v) is 2.53. The third kappa shape index (κ3) is 2.77. The molecule has 0 saturated heterocycles. The standard InChI is InChI=1S/C11H10FNO4/c12-10-4-3-8(13(15)16)5-9(10)11(14)17-6-7-1-2-7/h3-5,7H,1-2,6H2. The van der Waals surface area contributed by atoms with E-state index >= 15 is 0 Å². The number of rotatable bonds is 4. The Morgan fingerprint density at radius 1 is 1.53 bits per heavy atom. The fourth-order valence-electron chi connectivity index (χ4n) is 1.34. The van der Waals surface area contributed by atoms with Crippen LogP contribution in [0, 0.1) is 21.8 Å². The van der Waals surface area contributed by atoms with Gasteiger partial charge in [-0.15, -0.1) is 0 Å². The first-order valence-electron chi connectivity index (χ1n) is 5.19. The Labute approximate surface area is 96.3 Å². The number of ether oxygens (including phenoxy) is 1. The van der Waals surface area contributed by atoms with Crippen molar-refractivity contribution in [2.75, 3.05) is 6.61 Å². The molecule has 0 bridgehead atoms. The topological polar surface area (TPSA) is 69.4 Å². The van der Waals surface area contributed by atoms with Gasteiger partial charge in [0.2, 0.25) is 0 Å². The molecule has 90 valence electrons. The maximum Gasteiger partial charge on any atom is 0.341 e. The maximum atomic E-state index is 13.3. The summed E-state index contributed by atoms with van der Waals surface area (Å²) in [6.45, 7) is 0.251. The van der Waals surface area contributed by atoms with Crippen LogP contribution in [0.5, 0.6) is 0 Å². The molecule has 17 heavy (non-hydrogen) atoms. The van der Waals surface area contributed by atoms with E-state index < -0.39 is 16.7 Å². The Kier molecular flexibility index (Phi) is 3.03. The van der Waals surface area contributed by atoms with Crippen molar-refractivity contribution in [3.05, 3.63) is 39.7 Å². The quantitative estimate of drug-likeness (QED) is 0.459. The summed E-state index contributed by atoms with van der Waals surface area (Å²) >= 11 is 0. The lowest BCUT2D eigenvalue weighted by molar-refractivity contribution is -0.384. The van der Waals surface area contributed by atoms with Gasteiger partial charge in [0.1, 0.15) is 11.4 Å². The van der Waals surface area contributed by atoms with Crippen LogP contribution in [-0.2, 0) is 4.74 Å². The van der Waals surface area contributed by atoms with Crippen LogP contribution >= 0.6 is 0 Å². The zero-order valence-electron chi connectivity index (χ0n) is 8.89. The number of halogens is 1. The third-order valence-electron chi connectivity index (χ3n) is 2.53. The van der Waals surface area contributed by atoms with Crippen molar-refractivity contribution < 1.29 is 18.8 Å². The molecule has 0 aliphatic heterocycles. The van der Waals surface area contributed by atoms with Crippen molar-refractivity contribution in [2.45, 2.75) is 12.8 Å². The number of carbonyl (C=O) groups excluding carboxylic acids is 1. The number of nitro benzene ring substituents is 1. The summed E-state index contributed by atoms with van der Waals surface area (Å²) in [5.41, 5.74) is -0.718. The van der Waals surface area contributed by atoms with Gasteiger partial charge in [-0.1, -0.05) is 0 Å². The van der Waals surface area contributed by atoms with Gasteiger partial charge in [0.05, 0.1) is 11.5 Å². The summed E-state index contributed by atoms with van der Waals surface area (Å²) in [5, 5.41) is 10.5. The summed E-state index contributed by atoms with van der Waals surface area (Å²) in [5.74, 6) is -1.30. The molecule has 0 amide bonds. The van der Waals surface area contributed by atoms with Crippen molar-refractivity contribution in [1.82, 2.24) is 0 Å². The zero-order valence-corrected chi connectivity index (χ0v) is 8.89. The predicted molar refractivity (Wildman–Crippen MR) is 56.1 cm³/mol. The largest absolute Gasteiger partial charge is 0.462 e. The fraction of sp³-hybridized carbons (Fsp3) is 0.364. The van der Waals surface area contributed by atoms with E-state index in [1.165, 1.54) is 0 Å². The lowest BCUT2D eigenvalue weighted by Gasteiger charge is -2.04. The Hall–Kier alpha value is -1.98. The molecule has 0 aromatic heterocycles. The highest BCUT2D eigenvalue weighted by Crippen LogP contribution is 2.29. The van der Waals surface area contributed by atoms with E-state index in [0.29, 0.717) is 5.92 Å². The van der Waals surface area contributed by atoms with E-state index in [0.717, 1.165) is 31.0 Å². The average molecular weight is 239 g/mol. The molecular weight excluding hydrogens is 229 g/mol. The number of hydrogen-bond acceptors (Lipinski definition) is 4. The first-order valence-corrected chi connectivity index (χ1v) is 5.19. The van der Waals surface area contributed by atoms with Crippen LogP contribution in [0.25, 0.3) is 0 Å². The molecule has 1 aromatic carbocycles. The Bertz CT molecular complexity index is 471. The minimum atomic E-state index is -0.849. The van der Waals surface area contributed by atoms with Gasteiger partial charge in [-0.3, -0.25) is 10.1 Å². The van der Waals surface area contributed by atoms with Gasteiger partial charge in [-0.25, -0.2) is 9.18 Å². The molecule has 1 fully saturated rings. The van der Waals surface area contributed by atoms with Crippen molar-refractivity contribution in [1.29, 1.82) is 0 Å². The second-order valence-corrected chi connectivity index (χ2v) is 3.96. The van der Waals surface area contributed by atoms with E-state index in [9.17, 15) is 19.3 Å². The van der Waals surface area contributed by atoms with Gasteiger partial charge in [0, 0.05) is 12.1 Å².